The lowest BCUT2D eigenvalue weighted by Crippen LogP contribution is -2.64. The number of para-hydroxylation sites is 1. The van der Waals surface area contributed by atoms with Gasteiger partial charge in [-0.1, -0.05) is 75.8 Å². The highest BCUT2D eigenvalue weighted by Gasteiger charge is 2.66. The number of amides is 9. The maximum atomic E-state index is 14.8. The number of nitrogens with one attached hydrogen (secondary N) is 3. The minimum Gasteiger partial charge on any atom is -0.476 e. The third-order valence-electron chi connectivity index (χ3n) is 19.9. The lowest BCUT2D eigenvalue weighted by Gasteiger charge is -2.69. The second-order valence-electron chi connectivity index (χ2n) is 28.8. The fourth-order valence-corrected chi connectivity index (χ4v) is 17.8. The minimum atomic E-state index is -4.55. The van der Waals surface area contributed by atoms with E-state index >= 15 is 0 Å². The number of carboxylic acid groups (broad SMARTS) is 1. The Hall–Kier alpha value is -10.0. The number of fused-ring (bicyclic) bond motifs is 2. The Morgan fingerprint density at radius 2 is 1.52 bits per heavy atom. The maximum Gasteiger partial charge on any atom is 0.410 e. The molecule has 1 aliphatic heterocycles. The quantitative estimate of drug-likeness (QED) is 0.0117. The molecule has 7 aromatic rings. The molecule has 0 saturated heterocycles. The van der Waals surface area contributed by atoms with Gasteiger partial charge in [0.1, 0.15) is 18.7 Å². The number of thiazole rings is 1. The molecule has 4 bridgehead atoms. The molecule has 30 heteroatoms. The zero-order valence-electron chi connectivity index (χ0n) is 58.0. The van der Waals surface area contributed by atoms with Crippen LogP contribution in [0.4, 0.5) is 20.4 Å². The van der Waals surface area contributed by atoms with E-state index in [1.165, 1.54) is 40.5 Å². The first-order valence-electron chi connectivity index (χ1n) is 34.3. The third-order valence-corrected chi connectivity index (χ3v) is 21.5. The summed E-state index contributed by atoms with van der Waals surface area (Å²) in [5.41, 5.74) is 14.6. The molecule has 28 nitrogen and oxygen atoms in total. The zero-order chi connectivity index (χ0) is 73.8. The Bertz CT molecular complexity index is 4540. The molecule has 0 spiro atoms. The Morgan fingerprint density at radius 1 is 0.806 bits per heavy atom. The van der Waals surface area contributed by atoms with Crippen LogP contribution in [0.3, 0.4) is 0 Å². The first kappa shape index (κ1) is 74.2. The highest BCUT2D eigenvalue weighted by molar-refractivity contribution is 7.85. The van der Waals surface area contributed by atoms with E-state index in [1.807, 2.05) is 35.9 Å². The van der Waals surface area contributed by atoms with Gasteiger partial charge in [0.25, 0.3) is 33.7 Å². The second-order valence-corrected chi connectivity index (χ2v) is 31.4. The summed E-state index contributed by atoms with van der Waals surface area (Å²) in [6, 6.07) is 21.0. The minimum absolute atomic E-state index is 0.00910. The number of primary amides is 2. The highest BCUT2D eigenvalue weighted by atomic mass is 32.2. The van der Waals surface area contributed by atoms with Crippen molar-refractivity contribution in [2.45, 2.75) is 143 Å². The van der Waals surface area contributed by atoms with Crippen molar-refractivity contribution in [1.29, 1.82) is 0 Å². The van der Waals surface area contributed by atoms with Crippen LogP contribution in [-0.2, 0) is 56.7 Å². The molecule has 4 saturated carbocycles. The number of carboxylic acids is 1. The van der Waals surface area contributed by atoms with Crippen molar-refractivity contribution in [3.05, 3.63) is 132 Å². The lowest BCUT2D eigenvalue weighted by atomic mass is 9.39. The Balaban J connectivity index is 0.750. The number of rotatable bonds is 32. The van der Waals surface area contributed by atoms with E-state index in [4.69, 9.17) is 26.0 Å². The summed E-state index contributed by atoms with van der Waals surface area (Å²) < 4.78 is 49.9. The number of pyridine rings is 2. The number of unbranched alkanes of at least 4 members (excludes halogenated alkanes) is 2. The monoisotopic (exact) mass is 1450 g/mol. The van der Waals surface area contributed by atoms with E-state index in [1.54, 1.807) is 74.8 Å². The maximum absolute atomic E-state index is 14.8. The van der Waals surface area contributed by atoms with Crippen LogP contribution in [0.5, 0.6) is 0 Å². The first-order valence-corrected chi connectivity index (χ1v) is 36.7. The van der Waals surface area contributed by atoms with Crippen LogP contribution in [0.1, 0.15) is 137 Å². The molecule has 5 aliphatic rings. The van der Waals surface area contributed by atoms with Gasteiger partial charge >= 0.3 is 18.1 Å². The van der Waals surface area contributed by atoms with Crippen LogP contribution >= 0.6 is 11.3 Å². The number of benzene rings is 3. The first-order chi connectivity index (χ1) is 48.9. The smallest absolute Gasteiger partial charge is 0.410 e. The molecule has 9 amide bonds. The molecule has 9 N–H and O–H groups in total. The van der Waals surface area contributed by atoms with E-state index in [2.05, 4.69) is 44.7 Å². The van der Waals surface area contributed by atoms with Crippen LogP contribution < -0.4 is 32.3 Å². The number of nitrogens with zero attached hydrogens (tertiary/aromatic N) is 8. The van der Waals surface area contributed by atoms with Gasteiger partial charge in [0.2, 0.25) is 11.8 Å². The highest BCUT2D eigenvalue weighted by Crippen LogP contribution is 2.72. The van der Waals surface area contributed by atoms with Crippen LogP contribution in [-0.4, -0.2) is 162 Å². The average Bonchev–Trinajstić information content (AvgIpc) is 1.34. The topological polar surface area (TPSA) is 401 Å². The van der Waals surface area contributed by atoms with Gasteiger partial charge in [-0.05, 0) is 153 Å². The van der Waals surface area contributed by atoms with Gasteiger partial charge in [-0.3, -0.25) is 58.1 Å². The molecule has 5 heterocycles. The van der Waals surface area contributed by atoms with Crippen LogP contribution in [0.2, 0.25) is 0 Å². The summed E-state index contributed by atoms with van der Waals surface area (Å²) >= 11 is 1.36. The molecular weight excluding hydrogens is 1360 g/mol. The van der Waals surface area contributed by atoms with Gasteiger partial charge in [0, 0.05) is 96.5 Å². The fourth-order valence-electron chi connectivity index (χ4n) is 16.5. The second kappa shape index (κ2) is 30.5. The predicted molar refractivity (Wildman–Crippen MR) is 383 cm³/mol. The molecule has 4 fully saturated rings. The SMILES string of the molecule is Cc1c(-c2ccc(-c3cnc4cccc(C(=O)Nc5nc6ccccc6s5)c4c3)nc2C(=O)O)cnn1CC12CC3(C)CC(C)(C1)CC(OCCN(CCS(=O)(=O)O)C(=O)OCc1ccc(N(C(=O)[C@@H](NC(=O)CCCCCN4C(=O)C=CC4=O)C(C)C)[C@@H](CCCNC(N)=O)C(N)=O)cc1)(C3)C2. The van der Waals surface area contributed by atoms with Crippen LogP contribution in [0.25, 0.3) is 43.5 Å². The number of aromatic carboxylic acids is 1. The molecule has 12 rings (SSSR count). The number of nitrogens with two attached hydrogens (primary N) is 2. The van der Waals surface area contributed by atoms with E-state index in [-0.39, 0.29) is 85.6 Å². The zero-order valence-corrected chi connectivity index (χ0v) is 59.7. The lowest BCUT2D eigenvalue weighted by molar-refractivity contribution is -0.248. The summed E-state index contributed by atoms with van der Waals surface area (Å²) in [4.78, 5) is 135. The van der Waals surface area contributed by atoms with E-state index in [9.17, 15) is 61.2 Å². The van der Waals surface area contributed by atoms with E-state index < -0.39 is 93.6 Å². The molecule has 2 unspecified atom stereocenters. The normalized spacial score (nSPS) is 20.3. The molecule has 544 valence electrons. The van der Waals surface area contributed by atoms with Gasteiger partial charge in [0.05, 0.1) is 45.6 Å². The van der Waals surface area contributed by atoms with E-state index in [0.717, 1.165) is 57.8 Å². The number of carbonyl (C=O) groups excluding carboxylic acids is 8. The van der Waals surface area contributed by atoms with Gasteiger partial charge in [-0.2, -0.15) is 13.5 Å². The van der Waals surface area contributed by atoms with Gasteiger partial charge in [0.15, 0.2) is 10.8 Å². The van der Waals surface area contributed by atoms with Crippen molar-refractivity contribution in [3.8, 4) is 22.4 Å². The number of hydrogen-bond donors (Lipinski definition) is 7. The summed E-state index contributed by atoms with van der Waals surface area (Å²) in [5.74, 6) is -5.68. The summed E-state index contributed by atoms with van der Waals surface area (Å²) in [7, 11) is -4.55. The Morgan fingerprint density at radius 3 is 2.20 bits per heavy atom. The van der Waals surface area contributed by atoms with Gasteiger partial charge in [-0.25, -0.2) is 24.4 Å². The van der Waals surface area contributed by atoms with Crippen LogP contribution in [0, 0.1) is 29.1 Å². The molecule has 4 atom stereocenters. The fraction of sp³-hybridized carbons (Fsp3) is 0.438. The summed E-state index contributed by atoms with van der Waals surface area (Å²) in [5, 5.41) is 24.8. The number of urea groups is 1. The molecular formula is C73H85N13O15S2. The van der Waals surface area contributed by atoms with Crippen molar-refractivity contribution in [2.24, 2.45) is 33.6 Å². The van der Waals surface area contributed by atoms with Gasteiger partial charge in [-0.15, -0.1) is 0 Å². The molecule has 0 radical (unpaired) electrons. The third kappa shape index (κ3) is 17.4. The van der Waals surface area contributed by atoms with E-state index in [0.29, 0.717) is 81.8 Å². The number of carbonyl (C=O) groups is 9. The average molecular weight is 1450 g/mol. The largest absolute Gasteiger partial charge is 0.476 e. The molecule has 4 aromatic heterocycles. The van der Waals surface area contributed by atoms with Crippen LogP contribution in [0.15, 0.2) is 109 Å². The van der Waals surface area contributed by atoms with Crippen molar-refractivity contribution in [1.82, 2.24) is 45.2 Å². The molecule has 103 heavy (non-hydrogen) atoms. The number of imide groups is 1. The number of ether oxygens (including phenoxy) is 2. The van der Waals surface area contributed by atoms with Crippen molar-refractivity contribution < 1.29 is 70.7 Å². The van der Waals surface area contributed by atoms with Crippen molar-refractivity contribution in [3.63, 3.8) is 0 Å². The standard InChI is InChI=1S/C73H85N13O15S2/c1-44(2)61(81-58(87)18-7-6-10-28-84-59(88)25-26-60(84)89)65(92)86(56(63(74)90)16-12-27-76-67(75)95)48-21-19-46(20-22-48)36-100-69(96)83(30-32-103(97,98)99)29-31-101-73-40-70(4)37-71(5,41-73)39-72(38-70,42-73)43-85-45(3)52(35-78-85)49-23-24-53(79-62(49)66(93)94)47-33-51-50(13-11-15-54(51)77-34-47)64(91)82-68-80-55-14-8-9-17-57(55)102-68/h8-9,11,13-15,17,19-26,33-35,44,56,61H,6-7,10,12,16,18,27-32,36-43H2,1-5H3,(H2,74,90)(H,81,87)(H,93,94)(H3,75,76,95)(H,80,82,91)(H,97,98,99)/t56-,61-,70?,71?,72?,73?/m0/s1. The van der Waals surface area contributed by atoms with Crippen molar-refractivity contribution >= 4 is 107 Å². The molecule has 3 aromatic carbocycles. The van der Waals surface area contributed by atoms with Gasteiger partial charge < -0.3 is 41.6 Å². The predicted octanol–water partition coefficient (Wildman–Crippen LogP) is 8.95. The summed E-state index contributed by atoms with van der Waals surface area (Å²) in [6.45, 7) is 9.77. The molecule has 4 aliphatic carbocycles. The van der Waals surface area contributed by atoms with Crippen molar-refractivity contribution in [2.75, 3.05) is 48.8 Å². The number of anilines is 2. The number of hydrogen-bond acceptors (Lipinski definition) is 18. The summed E-state index contributed by atoms with van der Waals surface area (Å²) in [6.07, 6.45) is 11.1. The Labute approximate surface area is 599 Å². The number of aromatic nitrogens is 5. The Kier molecular flexibility index (Phi) is 22.0.